The first kappa shape index (κ1) is 18.9. The van der Waals surface area contributed by atoms with Crippen molar-refractivity contribution in [3.05, 3.63) is 23.9 Å². The van der Waals surface area contributed by atoms with E-state index < -0.39 is 17.4 Å². The zero-order chi connectivity index (χ0) is 18.8. The molecule has 9 heteroatoms. The van der Waals surface area contributed by atoms with Gasteiger partial charge in [-0.3, -0.25) is 4.79 Å². The normalized spacial score (nSPS) is 23.1. The molecule has 3 heterocycles. The molecule has 3 rings (SSSR count). The molecule has 1 N–H and O–H groups in total. The summed E-state index contributed by atoms with van der Waals surface area (Å²) in [6, 6.07) is 2.21. The second-order valence-electron chi connectivity index (χ2n) is 6.79. The second kappa shape index (κ2) is 7.38. The third kappa shape index (κ3) is 4.25. The minimum Gasteiger partial charge on any atom is -0.381 e. The number of carbonyl (C=O) groups excluding carboxylic acids is 1. The highest BCUT2D eigenvalue weighted by Crippen LogP contribution is 2.37. The number of hydrogen-bond acceptors (Lipinski definition) is 4. The largest absolute Gasteiger partial charge is 0.419 e. The molecule has 2 aliphatic rings. The van der Waals surface area contributed by atoms with E-state index in [2.05, 4.69) is 10.3 Å². The number of halogens is 4. The molecule has 0 aliphatic carbocycles. The van der Waals surface area contributed by atoms with Crippen LogP contribution in [-0.4, -0.2) is 49.4 Å². The van der Waals surface area contributed by atoms with Crippen LogP contribution in [0.15, 0.2) is 18.3 Å². The molecule has 5 nitrogen and oxygen atoms in total. The van der Waals surface area contributed by atoms with Crippen LogP contribution in [0.25, 0.3) is 0 Å². The summed E-state index contributed by atoms with van der Waals surface area (Å²) in [4.78, 5) is 17.3. The molecule has 0 saturated carbocycles. The van der Waals surface area contributed by atoms with E-state index in [1.54, 1.807) is 0 Å². The predicted octanol–water partition coefficient (Wildman–Crippen LogP) is 2.56. The first-order valence-corrected chi connectivity index (χ1v) is 8.60. The van der Waals surface area contributed by atoms with E-state index in [1.807, 2.05) is 0 Å². The zero-order valence-corrected chi connectivity index (χ0v) is 14.2. The molecule has 144 valence electrons. The van der Waals surface area contributed by atoms with E-state index in [4.69, 9.17) is 4.74 Å². The average Bonchev–Trinajstić information content (AvgIpc) is 3.14. The van der Waals surface area contributed by atoms with Gasteiger partial charge in [-0.15, -0.1) is 0 Å². The van der Waals surface area contributed by atoms with E-state index in [1.165, 1.54) is 17.2 Å². The number of alkyl halides is 4. The summed E-state index contributed by atoms with van der Waals surface area (Å²) < 4.78 is 59.4. The van der Waals surface area contributed by atoms with Gasteiger partial charge in [-0.1, -0.05) is 0 Å². The van der Waals surface area contributed by atoms with Crippen LogP contribution in [0.2, 0.25) is 0 Å². The smallest absolute Gasteiger partial charge is 0.381 e. The number of ether oxygens (including phenoxy) is 1. The molecule has 0 aromatic carbocycles. The summed E-state index contributed by atoms with van der Waals surface area (Å²) >= 11 is 0. The van der Waals surface area contributed by atoms with Gasteiger partial charge in [0.25, 0.3) is 0 Å². The lowest BCUT2D eigenvalue weighted by Crippen LogP contribution is -2.49. The Bertz CT molecular complexity index is 639. The van der Waals surface area contributed by atoms with E-state index in [0.717, 1.165) is 6.07 Å². The van der Waals surface area contributed by atoms with Crippen molar-refractivity contribution in [1.29, 1.82) is 0 Å². The summed E-state index contributed by atoms with van der Waals surface area (Å²) in [5.74, 6) is -0.651. The van der Waals surface area contributed by atoms with Crippen LogP contribution in [0.1, 0.15) is 24.8 Å². The van der Waals surface area contributed by atoms with E-state index in [9.17, 15) is 22.4 Å². The number of nitrogens with one attached hydrogen (secondary N) is 1. The fourth-order valence-electron chi connectivity index (χ4n) is 3.30. The van der Waals surface area contributed by atoms with Crippen LogP contribution in [0, 0.1) is 5.92 Å². The zero-order valence-electron chi connectivity index (χ0n) is 14.2. The fourth-order valence-corrected chi connectivity index (χ4v) is 3.30. The Morgan fingerprint density at radius 2 is 2.12 bits per heavy atom. The molecule has 0 bridgehead atoms. The number of piperidine rings is 1. The van der Waals surface area contributed by atoms with Crippen LogP contribution >= 0.6 is 0 Å². The minimum atomic E-state index is -4.51. The summed E-state index contributed by atoms with van der Waals surface area (Å²) in [7, 11) is 0. The van der Waals surface area contributed by atoms with Gasteiger partial charge in [0, 0.05) is 38.7 Å². The van der Waals surface area contributed by atoms with Crippen molar-refractivity contribution in [3.63, 3.8) is 0 Å². The monoisotopic (exact) mass is 375 g/mol. The summed E-state index contributed by atoms with van der Waals surface area (Å²) in [5, 5.41) is 2.62. The Hall–Kier alpha value is -1.90. The van der Waals surface area contributed by atoms with Crippen molar-refractivity contribution in [1.82, 2.24) is 10.3 Å². The number of nitrogens with zero attached hydrogens (tertiary/aromatic N) is 2. The van der Waals surface area contributed by atoms with Gasteiger partial charge in [-0.2, -0.15) is 13.2 Å². The van der Waals surface area contributed by atoms with Crippen LogP contribution in [0.3, 0.4) is 0 Å². The third-order valence-corrected chi connectivity index (χ3v) is 4.93. The molecule has 0 spiro atoms. The molecule has 1 amide bonds. The maximum atomic E-state index is 14.9. The molecular formula is C17H21F4N3O2. The highest BCUT2D eigenvalue weighted by molar-refractivity contribution is 5.79. The highest BCUT2D eigenvalue weighted by atomic mass is 19.4. The lowest BCUT2D eigenvalue weighted by atomic mass is 9.92. The lowest BCUT2D eigenvalue weighted by Gasteiger charge is -2.38. The molecule has 2 aliphatic heterocycles. The van der Waals surface area contributed by atoms with Gasteiger partial charge < -0.3 is 15.0 Å². The quantitative estimate of drug-likeness (QED) is 0.822. The molecule has 1 aromatic rings. The van der Waals surface area contributed by atoms with Gasteiger partial charge in [-0.25, -0.2) is 9.37 Å². The number of rotatable bonds is 4. The summed E-state index contributed by atoms with van der Waals surface area (Å²) in [6.45, 7) is 0.959. The van der Waals surface area contributed by atoms with Crippen molar-refractivity contribution in [2.24, 2.45) is 5.92 Å². The van der Waals surface area contributed by atoms with Crippen molar-refractivity contribution >= 4 is 11.7 Å². The number of carbonyl (C=O) groups is 1. The maximum absolute atomic E-state index is 14.9. The first-order chi connectivity index (χ1) is 12.3. The Labute approximate surface area is 148 Å². The minimum absolute atomic E-state index is 0.0301. The van der Waals surface area contributed by atoms with E-state index in [0.29, 0.717) is 19.6 Å². The van der Waals surface area contributed by atoms with Gasteiger partial charge in [-0.05, 0) is 18.6 Å². The van der Waals surface area contributed by atoms with E-state index in [-0.39, 0.29) is 50.1 Å². The predicted molar refractivity (Wildman–Crippen MR) is 86.5 cm³/mol. The molecule has 1 aromatic heterocycles. The van der Waals surface area contributed by atoms with Crippen LogP contribution in [0.5, 0.6) is 0 Å². The molecule has 2 fully saturated rings. The van der Waals surface area contributed by atoms with Gasteiger partial charge >= 0.3 is 6.18 Å². The maximum Gasteiger partial charge on any atom is 0.419 e. The first-order valence-electron chi connectivity index (χ1n) is 8.60. The number of anilines is 1. The van der Waals surface area contributed by atoms with Crippen molar-refractivity contribution in [2.75, 3.05) is 37.7 Å². The Balaban J connectivity index is 1.58. The number of hydrogen-bond donors (Lipinski definition) is 1. The molecule has 1 atom stereocenters. The molecule has 1 unspecified atom stereocenters. The second-order valence-corrected chi connectivity index (χ2v) is 6.79. The number of pyridine rings is 1. The topological polar surface area (TPSA) is 54.5 Å². The SMILES string of the molecule is O=C(NCC1(F)CCN(c2ncccc2C(F)(F)F)CC1)C1CCOC1. The van der Waals surface area contributed by atoms with Crippen molar-refractivity contribution < 1.29 is 27.1 Å². The lowest BCUT2D eigenvalue weighted by molar-refractivity contribution is -0.137. The standard InChI is InChI=1S/C17H21F4N3O2/c18-16(11-23-15(25)12-3-9-26-10-12)4-7-24(8-5-16)14-13(17(19,20)21)2-1-6-22-14/h1-2,6,12H,3-5,7-11H2,(H,23,25). The molecule has 26 heavy (non-hydrogen) atoms. The van der Waals surface area contributed by atoms with Crippen LogP contribution in [-0.2, 0) is 15.7 Å². The Kier molecular flexibility index (Phi) is 5.36. The van der Waals surface area contributed by atoms with E-state index >= 15 is 0 Å². The van der Waals surface area contributed by atoms with Crippen molar-refractivity contribution in [3.8, 4) is 0 Å². The summed E-state index contributed by atoms with van der Waals surface area (Å²) in [6.07, 6.45) is -2.53. The third-order valence-electron chi connectivity index (χ3n) is 4.93. The molecule has 0 radical (unpaired) electrons. The van der Waals surface area contributed by atoms with Gasteiger partial charge in [0.15, 0.2) is 0 Å². The Morgan fingerprint density at radius 3 is 2.73 bits per heavy atom. The van der Waals surface area contributed by atoms with Gasteiger partial charge in [0.2, 0.25) is 5.91 Å². The molecule has 2 saturated heterocycles. The van der Waals surface area contributed by atoms with Crippen LogP contribution < -0.4 is 10.2 Å². The van der Waals surface area contributed by atoms with Crippen molar-refractivity contribution in [2.45, 2.75) is 31.1 Å². The highest BCUT2D eigenvalue weighted by Gasteiger charge is 2.40. The fraction of sp³-hybridized carbons (Fsp3) is 0.647. The Morgan fingerprint density at radius 1 is 1.38 bits per heavy atom. The van der Waals surface area contributed by atoms with Crippen LogP contribution in [0.4, 0.5) is 23.4 Å². The number of aromatic nitrogens is 1. The summed E-state index contributed by atoms with van der Waals surface area (Å²) in [5.41, 5.74) is -2.44. The van der Waals surface area contributed by atoms with Gasteiger partial charge in [0.05, 0.1) is 24.6 Å². The average molecular weight is 375 g/mol. The molecular weight excluding hydrogens is 354 g/mol. The number of amides is 1. The van der Waals surface area contributed by atoms with Gasteiger partial charge in [0.1, 0.15) is 11.5 Å².